The highest BCUT2D eigenvalue weighted by atomic mass is 19.4. The first-order valence-electron chi connectivity index (χ1n) is 5.88. The maximum atomic E-state index is 12.8. The topological polar surface area (TPSA) is 49.3 Å². The second kappa shape index (κ2) is 4.52. The number of fused-ring (bicyclic) bond motifs is 1. The van der Waals surface area contributed by atoms with E-state index in [2.05, 4.69) is 5.32 Å². The van der Waals surface area contributed by atoms with Crippen LogP contribution in [0, 0.1) is 0 Å². The first-order chi connectivity index (χ1) is 8.75. The zero-order valence-corrected chi connectivity index (χ0v) is 10.3. The van der Waals surface area contributed by atoms with Crippen LogP contribution in [0.1, 0.15) is 24.0 Å². The minimum absolute atomic E-state index is 0.000671. The number of aliphatic carboxylic acids is 1. The summed E-state index contributed by atoms with van der Waals surface area (Å²) in [6, 6.07) is 7.48. The van der Waals surface area contributed by atoms with Crippen molar-refractivity contribution in [2.75, 3.05) is 6.54 Å². The van der Waals surface area contributed by atoms with Crippen molar-refractivity contribution in [3.63, 3.8) is 0 Å². The molecule has 0 bridgehead atoms. The summed E-state index contributed by atoms with van der Waals surface area (Å²) < 4.78 is 38.3. The lowest BCUT2D eigenvalue weighted by molar-refractivity contribution is -0.206. The second-order valence-corrected chi connectivity index (χ2v) is 4.91. The zero-order chi connectivity index (χ0) is 14.3. The van der Waals surface area contributed by atoms with Gasteiger partial charge in [0.25, 0.3) is 0 Å². The molecule has 19 heavy (non-hydrogen) atoms. The van der Waals surface area contributed by atoms with E-state index in [0.717, 1.165) is 11.1 Å². The quantitative estimate of drug-likeness (QED) is 0.885. The SMILES string of the molecule is CC(NCC1Cc2ccccc21)(C(=O)O)C(F)(F)F. The summed E-state index contributed by atoms with van der Waals surface area (Å²) in [5.41, 5.74) is -0.805. The smallest absolute Gasteiger partial charge is 0.417 e. The first kappa shape index (κ1) is 13.9. The number of carboxylic acid groups (broad SMARTS) is 1. The van der Waals surface area contributed by atoms with Crippen LogP contribution in [0.2, 0.25) is 0 Å². The van der Waals surface area contributed by atoms with E-state index in [0.29, 0.717) is 13.3 Å². The predicted molar refractivity (Wildman–Crippen MR) is 63.0 cm³/mol. The lowest BCUT2D eigenvalue weighted by atomic mass is 9.77. The molecule has 0 spiro atoms. The Morgan fingerprint density at radius 1 is 1.42 bits per heavy atom. The van der Waals surface area contributed by atoms with Gasteiger partial charge >= 0.3 is 12.1 Å². The fourth-order valence-corrected chi connectivity index (χ4v) is 2.17. The Labute approximate surface area is 108 Å². The van der Waals surface area contributed by atoms with Crippen LogP contribution in [0.25, 0.3) is 0 Å². The van der Waals surface area contributed by atoms with Crippen molar-refractivity contribution < 1.29 is 23.1 Å². The summed E-state index contributed by atoms with van der Waals surface area (Å²) in [5.74, 6) is -1.97. The molecular weight excluding hydrogens is 259 g/mol. The number of hydrogen-bond acceptors (Lipinski definition) is 2. The number of hydrogen-bond donors (Lipinski definition) is 2. The van der Waals surface area contributed by atoms with Gasteiger partial charge in [-0.3, -0.25) is 5.32 Å². The van der Waals surface area contributed by atoms with Crippen LogP contribution in [0.4, 0.5) is 13.2 Å². The average Bonchev–Trinajstić information content (AvgIpc) is 2.28. The van der Waals surface area contributed by atoms with E-state index in [1.807, 2.05) is 24.3 Å². The van der Waals surface area contributed by atoms with E-state index in [4.69, 9.17) is 5.11 Å². The summed E-state index contributed by atoms with van der Waals surface area (Å²) in [5, 5.41) is 10.9. The zero-order valence-electron chi connectivity index (χ0n) is 10.3. The van der Waals surface area contributed by atoms with Gasteiger partial charge in [-0.25, -0.2) is 4.79 Å². The molecule has 1 aliphatic carbocycles. The van der Waals surface area contributed by atoms with Gasteiger partial charge in [-0.05, 0) is 24.5 Å². The third kappa shape index (κ3) is 2.32. The molecule has 2 unspecified atom stereocenters. The maximum Gasteiger partial charge on any atom is 0.417 e. The van der Waals surface area contributed by atoms with E-state index >= 15 is 0 Å². The third-order valence-electron chi connectivity index (χ3n) is 3.66. The van der Waals surface area contributed by atoms with E-state index in [1.54, 1.807) is 0 Å². The van der Waals surface area contributed by atoms with Crippen LogP contribution in [0.3, 0.4) is 0 Å². The molecule has 0 fully saturated rings. The van der Waals surface area contributed by atoms with Gasteiger partial charge in [-0.1, -0.05) is 24.3 Å². The van der Waals surface area contributed by atoms with E-state index < -0.39 is 17.7 Å². The normalized spacial score (nSPS) is 21.2. The fraction of sp³-hybridized carbons (Fsp3) is 0.462. The molecule has 104 valence electrons. The molecule has 3 nitrogen and oxygen atoms in total. The molecule has 2 atom stereocenters. The lowest BCUT2D eigenvalue weighted by Crippen LogP contribution is -2.61. The molecule has 0 amide bonds. The van der Waals surface area contributed by atoms with E-state index in [-0.39, 0.29) is 12.5 Å². The highest BCUT2D eigenvalue weighted by molar-refractivity contribution is 5.79. The number of nitrogens with one attached hydrogen (secondary N) is 1. The Balaban J connectivity index is 2.05. The summed E-state index contributed by atoms with van der Waals surface area (Å²) in [4.78, 5) is 10.8. The van der Waals surface area contributed by atoms with E-state index in [9.17, 15) is 18.0 Å². The molecule has 1 aliphatic rings. The first-order valence-corrected chi connectivity index (χ1v) is 5.88. The largest absolute Gasteiger partial charge is 0.480 e. The van der Waals surface area contributed by atoms with Gasteiger partial charge in [0.15, 0.2) is 0 Å². The molecular formula is C13H14F3NO2. The highest BCUT2D eigenvalue weighted by Crippen LogP contribution is 2.36. The van der Waals surface area contributed by atoms with Crippen molar-refractivity contribution in [3.05, 3.63) is 35.4 Å². The van der Waals surface area contributed by atoms with Gasteiger partial charge in [0.1, 0.15) is 0 Å². The Bertz CT molecular complexity index is 501. The number of carbonyl (C=O) groups is 1. The van der Waals surface area contributed by atoms with Gasteiger partial charge in [0, 0.05) is 12.5 Å². The molecule has 2 N–H and O–H groups in total. The van der Waals surface area contributed by atoms with Crippen LogP contribution in [-0.2, 0) is 11.2 Å². The Hall–Kier alpha value is -1.56. The number of alkyl halides is 3. The lowest BCUT2D eigenvalue weighted by Gasteiger charge is -2.35. The van der Waals surface area contributed by atoms with Gasteiger partial charge < -0.3 is 5.11 Å². The van der Waals surface area contributed by atoms with Crippen molar-refractivity contribution in [1.82, 2.24) is 5.32 Å². The number of rotatable bonds is 4. The van der Waals surface area contributed by atoms with Crippen molar-refractivity contribution in [1.29, 1.82) is 0 Å². The highest BCUT2D eigenvalue weighted by Gasteiger charge is 2.57. The molecule has 0 aromatic heterocycles. The van der Waals surface area contributed by atoms with Gasteiger partial charge in [-0.15, -0.1) is 0 Å². The number of carboxylic acids is 1. The minimum atomic E-state index is -4.83. The summed E-state index contributed by atoms with van der Waals surface area (Å²) in [6.45, 7) is 0.652. The molecule has 1 aromatic rings. The molecule has 6 heteroatoms. The van der Waals surface area contributed by atoms with Gasteiger partial charge in [-0.2, -0.15) is 13.2 Å². The average molecular weight is 273 g/mol. The van der Waals surface area contributed by atoms with E-state index in [1.165, 1.54) is 0 Å². The van der Waals surface area contributed by atoms with Crippen molar-refractivity contribution in [2.45, 2.75) is 31.0 Å². The van der Waals surface area contributed by atoms with Crippen LogP contribution in [0.15, 0.2) is 24.3 Å². The van der Waals surface area contributed by atoms with Crippen molar-refractivity contribution in [2.24, 2.45) is 0 Å². The van der Waals surface area contributed by atoms with Crippen LogP contribution in [-0.4, -0.2) is 29.3 Å². The second-order valence-electron chi connectivity index (χ2n) is 4.91. The monoisotopic (exact) mass is 273 g/mol. The van der Waals surface area contributed by atoms with Crippen LogP contribution in [0.5, 0.6) is 0 Å². The molecule has 0 aliphatic heterocycles. The summed E-state index contributed by atoms with van der Waals surface area (Å²) in [7, 11) is 0. The fourth-order valence-electron chi connectivity index (χ4n) is 2.17. The molecule has 0 saturated heterocycles. The van der Waals surface area contributed by atoms with Crippen molar-refractivity contribution in [3.8, 4) is 0 Å². The predicted octanol–water partition coefficient (Wildman–Crippen LogP) is 2.32. The van der Waals surface area contributed by atoms with Gasteiger partial charge in [0.05, 0.1) is 0 Å². The van der Waals surface area contributed by atoms with Crippen LogP contribution >= 0.6 is 0 Å². The molecule has 0 radical (unpaired) electrons. The number of halogens is 3. The number of benzene rings is 1. The Morgan fingerprint density at radius 3 is 2.58 bits per heavy atom. The van der Waals surface area contributed by atoms with Crippen LogP contribution < -0.4 is 5.32 Å². The molecule has 0 saturated carbocycles. The molecule has 1 aromatic carbocycles. The minimum Gasteiger partial charge on any atom is -0.480 e. The third-order valence-corrected chi connectivity index (χ3v) is 3.66. The van der Waals surface area contributed by atoms with Gasteiger partial charge in [0.2, 0.25) is 5.54 Å². The molecule has 2 rings (SSSR count). The summed E-state index contributed by atoms with van der Waals surface area (Å²) in [6.07, 6.45) is -4.15. The molecule has 0 heterocycles. The maximum absolute atomic E-state index is 12.8. The van der Waals surface area contributed by atoms with Crippen molar-refractivity contribution >= 4 is 5.97 Å². The Morgan fingerprint density at radius 2 is 2.05 bits per heavy atom. The standard InChI is InChI=1S/C13H14F3NO2/c1-12(11(18)19,13(14,15)16)17-7-9-6-8-4-2-3-5-10(8)9/h2-5,9,17H,6-7H2,1H3,(H,18,19). The summed E-state index contributed by atoms with van der Waals surface area (Å²) >= 11 is 0. The Kier molecular flexibility index (Phi) is 3.30.